The van der Waals surface area contributed by atoms with Crippen LogP contribution < -0.4 is 10.6 Å². The first kappa shape index (κ1) is 23.3. The molecule has 0 atom stereocenters. The maximum atomic E-state index is 5.56. The van der Waals surface area contributed by atoms with Crippen LogP contribution in [0.5, 0.6) is 0 Å². The van der Waals surface area contributed by atoms with E-state index in [0.717, 1.165) is 42.6 Å². The van der Waals surface area contributed by atoms with E-state index in [1.54, 1.807) is 7.05 Å². The molecule has 2 aromatic rings. The second kappa shape index (κ2) is 12.6. The lowest BCUT2D eigenvalue weighted by molar-refractivity contribution is 0.463. The van der Waals surface area contributed by atoms with Gasteiger partial charge in [-0.3, -0.25) is 4.99 Å². The molecule has 0 aliphatic heterocycles. The summed E-state index contributed by atoms with van der Waals surface area (Å²) in [6.07, 6.45) is 2.24. The summed E-state index contributed by atoms with van der Waals surface area (Å²) in [6.45, 7) is 5.29. The average molecular weight is 553 g/mol. The van der Waals surface area contributed by atoms with Crippen molar-refractivity contribution in [2.75, 3.05) is 19.3 Å². The van der Waals surface area contributed by atoms with Crippen molar-refractivity contribution < 1.29 is 4.42 Å². The standard InChI is InChI=1S/C18H25BrN4OS.HI/c1-13-14(2)24-17(23-13)12-22-18(20-3)21-10-6-7-11-25-16-9-5-4-8-15(16)19;/h4-5,8-9H,6-7,10-12H2,1-3H3,(H2,20,21,22);1H. The number of aromatic nitrogens is 1. The highest BCUT2D eigenvalue weighted by atomic mass is 127. The molecule has 0 aliphatic rings. The summed E-state index contributed by atoms with van der Waals surface area (Å²) in [4.78, 5) is 9.87. The Hall–Kier alpha value is -0.740. The first-order chi connectivity index (χ1) is 12.1. The van der Waals surface area contributed by atoms with Gasteiger partial charge in [0.25, 0.3) is 0 Å². The molecule has 1 heterocycles. The van der Waals surface area contributed by atoms with Crippen molar-refractivity contribution in [3.63, 3.8) is 0 Å². The van der Waals surface area contributed by atoms with E-state index in [9.17, 15) is 0 Å². The number of nitrogens with zero attached hydrogens (tertiary/aromatic N) is 2. The first-order valence-corrected chi connectivity index (χ1v) is 10.1. The summed E-state index contributed by atoms with van der Waals surface area (Å²) in [5.74, 6) is 3.42. The van der Waals surface area contributed by atoms with Crippen molar-refractivity contribution in [1.82, 2.24) is 15.6 Å². The summed E-state index contributed by atoms with van der Waals surface area (Å²) < 4.78 is 6.72. The normalized spacial score (nSPS) is 11.2. The lowest BCUT2D eigenvalue weighted by atomic mass is 10.3. The maximum Gasteiger partial charge on any atom is 0.214 e. The highest BCUT2D eigenvalue weighted by Gasteiger charge is 2.06. The summed E-state index contributed by atoms with van der Waals surface area (Å²) in [6, 6.07) is 8.33. The molecule has 8 heteroatoms. The van der Waals surface area contributed by atoms with Crippen LogP contribution in [0.3, 0.4) is 0 Å². The Labute approximate surface area is 185 Å². The Morgan fingerprint density at radius 3 is 2.65 bits per heavy atom. The molecule has 0 fully saturated rings. The number of oxazole rings is 1. The number of unbranched alkanes of at least 4 members (excludes halogenated alkanes) is 1. The third-order valence-electron chi connectivity index (χ3n) is 3.66. The number of thioether (sulfide) groups is 1. The lowest BCUT2D eigenvalue weighted by Gasteiger charge is -2.10. The van der Waals surface area contributed by atoms with E-state index in [1.165, 1.54) is 9.37 Å². The van der Waals surface area contributed by atoms with Crippen molar-refractivity contribution in [1.29, 1.82) is 0 Å². The molecule has 1 aromatic heterocycles. The van der Waals surface area contributed by atoms with Gasteiger partial charge in [0.15, 0.2) is 5.96 Å². The fourth-order valence-corrected chi connectivity index (χ4v) is 3.75. The van der Waals surface area contributed by atoms with E-state index in [0.29, 0.717) is 12.4 Å². The van der Waals surface area contributed by atoms with Crippen molar-refractivity contribution >= 4 is 57.6 Å². The minimum absolute atomic E-state index is 0. The second-order valence-electron chi connectivity index (χ2n) is 5.59. The van der Waals surface area contributed by atoms with E-state index in [2.05, 4.69) is 54.7 Å². The molecule has 0 unspecified atom stereocenters. The summed E-state index contributed by atoms with van der Waals surface area (Å²) in [5.41, 5.74) is 0.933. The van der Waals surface area contributed by atoms with Crippen molar-refractivity contribution in [2.45, 2.75) is 38.1 Å². The number of nitrogens with one attached hydrogen (secondary N) is 2. The lowest BCUT2D eigenvalue weighted by Crippen LogP contribution is -2.37. The van der Waals surface area contributed by atoms with Crippen LogP contribution in [-0.4, -0.2) is 30.3 Å². The Balaban J connectivity index is 0.00000338. The topological polar surface area (TPSA) is 62.5 Å². The number of rotatable bonds is 8. The van der Waals surface area contributed by atoms with Crippen molar-refractivity contribution in [3.8, 4) is 0 Å². The Kier molecular flexibility index (Phi) is 11.3. The molecule has 144 valence electrons. The van der Waals surface area contributed by atoms with Gasteiger partial charge < -0.3 is 15.1 Å². The van der Waals surface area contributed by atoms with Gasteiger partial charge in [-0.2, -0.15) is 0 Å². The molecular formula is C18H26BrIN4OS. The molecule has 0 spiro atoms. The van der Waals surface area contributed by atoms with Crippen molar-refractivity contribution in [3.05, 3.63) is 46.1 Å². The third kappa shape index (κ3) is 7.87. The average Bonchev–Trinajstić information content (AvgIpc) is 2.93. The Morgan fingerprint density at radius 1 is 1.23 bits per heavy atom. The van der Waals surface area contributed by atoms with Gasteiger partial charge >= 0.3 is 0 Å². The quantitative estimate of drug-likeness (QED) is 0.160. The largest absolute Gasteiger partial charge is 0.444 e. The van der Waals surface area contributed by atoms with E-state index in [1.807, 2.05) is 31.7 Å². The van der Waals surface area contributed by atoms with Crippen LogP contribution in [0.2, 0.25) is 0 Å². The van der Waals surface area contributed by atoms with Gasteiger partial charge in [-0.25, -0.2) is 4.98 Å². The summed E-state index contributed by atoms with van der Waals surface area (Å²) >= 11 is 5.46. The number of halogens is 2. The smallest absolute Gasteiger partial charge is 0.214 e. The van der Waals surface area contributed by atoms with E-state index >= 15 is 0 Å². The van der Waals surface area contributed by atoms with Crippen LogP contribution >= 0.6 is 51.7 Å². The zero-order chi connectivity index (χ0) is 18.1. The molecule has 0 saturated carbocycles. The van der Waals surface area contributed by atoms with Gasteiger partial charge in [-0.1, -0.05) is 12.1 Å². The van der Waals surface area contributed by atoms with E-state index in [4.69, 9.17) is 4.42 Å². The highest BCUT2D eigenvalue weighted by molar-refractivity contribution is 14.0. The number of aliphatic imine (C=N–C) groups is 1. The molecule has 0 saturated heterocycles. The molecule has 0 aliphatic carbocycles. The predicted molar refractivity (Wildman–Crippen MR) is 124 cm³/mol. The number of benzene rings is 1. The van der Waals surface area contributed by atoms with Crippen LogP contribution in [0.4, 0.5) is 0 Å². The second-order valence-corrected chi connectivity index (χ2v) is 7.58. The number of aryl methyl sites for hydroxylation is 2. The molecule has 2 rings (SSSR count). The molecule has 0 bridgehead atoms. The van der Waals surface area contributed by atoms with Gasteiger partial charge in [0.2, 0.25) is 5.89 Å². The third-order valence-corrected chi connectivity index (χ3v) is 5.78. The molecule has 0 amide bonds. The number of guanidine groups is 1. The van der Waals surface area contributed by atoms with Crippen molar-refractivity contribution in [2.24, 2.45) is 4.99 Å². The zero-order valence-corrected chi connectivity index (χ0v) is 20.1. The Morgan fingerprint density at radius 2 is 2.00 bits per heavy atom. The minimum Gasteiger partial charge on any atom is -0.444 e. The fourth-order valence-electron chi connectivity index (χ4n) is 2.17. The SMILES string of the molecule is CN=C(NCCCCSc1ccccc1Br)NCc1nc(C)c(C)o1.I. The predicted octanol–water partition coefficient (Wildman–Crippen LogP) is 4.91. The monoisotopic (exact) mass is 552 g/mol. The first-order valence-electron chi connectivity index (χ1n) is 8.35. The summed E-state index contributed by atoms with van der Waals surface area (Å²) in [5, 5.41) is 6.54. The maximum absolute atomic E-state index is 5.56. The van der Waals surface area contributed by atoms with Gasteiger partial charge in [-0.15, -0.1) is 35.7 Å². The number of hydrogen-bond donors (Lipinski definition) is 2. The molecule has 5 nitrogen and oxygen atoms in total. The van der Waals surface area contributed by atoms with Crippen LogP contribution in [0.1, 0.15) is 30.2 Å². The fraction of sp³-hybridized carbons (Fsp3) is 0.444. The van der Waals surface area contributed by atoms with Gasteiger partial charge in [0.05, 0.1) is 12.2 Å². The van der Waals surface area contributed by atoms with Gasteiger partial charge in [0, 0.05) is 23.0 Å². The molecule has 1 aromatic carbocycles. The number of hydrogen-bond acceptors (Lipinski definition) is 4. The van der Waals surface area contributed by atoms with Crippen LogP contribution in [0.15, 0.2) is 43.0 Å². The molecular weight excluding hydrogens is 527 g/mol. The molecule has 2 N–H and O–H groups in total. The minimum atomic E-state index is 0. The summed E-state index contributed by atoms with van der Waals surface area (Å²) in [7, 11) is 1.77. The van der Waals surface area contributed by atoms with Gasteiger partial charge in [-0.05, 0) is 60.5 Å². The van der Waals surface area contributed by atoms with Crippen LogP contribution in [-0.2, 0) is 6.54 Å². The molecule has 0 radical (unpaired) electrons. The zero-order valence-electron chi connectivity index (χ0n) is 15.3. The Bertz CT molecular complexity index is 689. The van der Waals surface area contributed by atoms with Gasteiger partial charge in [0.1, 0.15) is 5.76 Å². The van der Waals surface area contributed by atoms with Crippen LogP contribution in [0, 0.1) is 13.8 Å². The van der Waals surface area contributed by atoms with E-state index < -0.39 is 0 Å². The van der Waals surface area contributed by atoms with Crippen LogP contribution in [0.25, 0.3) is 0 Å². The molecule has 26 heavy (non-hydrogen) atoms. The van der Waals surface area contributed by atoms with E-state index in [-0.39, 0.29) is 24.0 Å². The highest BCUT2D eigenvalue weighted by Crippen LogP contribution is 2.27.